The Kier molecular flexibility index (Phi) is 4.40. The minimum absolute atomic E-state index is 0.00602. The molecule has 0 aliphatic heterocycles. The third-order valence-corrected chi connectivity index (χ3v) is 4.31. The van der Waals surface area contributed by atoms with E-state index in [1.54, 1.807) is 24.4 Å². The first-order valence-electron chi connectivity index (χ1n) is 7.05. The van der Waals surface area contributed by atoms with Gasteiger partial charge < -0.3 is 14.8 Å². The molecule has 2 N–H and O–H groups in total. The van der Waals surface area contributed by atoms with Crippen molar-refractivity contribution in [2.45, 2.75) is 0 Å². The minimum Gasteiger partial charge on any atom is -0.504 e. The molecular formula is C18H13BrFNO3. The second-order valence-corrected chi connectivity index (χ2v) is 5.99. The highest BCUT2D eigenvalue weighted by Crippen LogP contribution is 2.33. The third kappa shape index (κ3) is 3.05. The molecule has 0 spiro atoms. The Hall–Kier alpha value is -2.60. The van der Waals surface area contributed by atoms with Crippen molar-refractivity contribution in [1.82, 2.24) is 4.98 Å². The number of phenolic OH excluding ortho intramolecular Hbond substituents is 1. The molecule has 0 amide bonds. The first kappa shape index (κ1) is 16.3. The van der Waals surface area contributed by atoms with Gasteiger partial charge >= 0.3 is 0 Å². The van der Waals surface area contributed by atoms with Gasteiger partial charge in [0.15, 0.2) is 17.3 Å². The fraction of sp³-hybridized carbons (Fsp3) is 0.0556. The van der Waals surface area contributed by atoms with Crippen molar-refractivity contribution in [2.75, 3.05) is 7.11 Å². The van der Waals surface area contributed by atoms with E-state index < -0.39 is 0 Å². The predicted molar refractivity (Wildman–Crippen MR) is 94.0 cm³/mol. The predicted octanol–water partition coefficient (Wildman–Crippen LogP) is 4.68. The number of H-pyrrole nitrogens is 1. The third-order valence-electron chi connectivity index (χ3n) is 3.62. The van der Waals surface area contributed by atoms with Crippen LogP contribution in [-0.4, -0.2) is 23.0 Å². The number of carbonyl (C=O) groups is 1. The maximum atomic E-state index is 13.2. The molecule has 6 heteroatoms. The molecule has 0 bridgehead atoms. The van der Waals surface area contributed by atoms with Crippen molar-refractivity contribution >= 4 is 38.7 Å². The summed E-state index contributed by atoms with van der Waals surface area (Å²) >= 11 is 3.33. The van der Waals surface area contributed by atoms with Gasteiger partial charge in [0, 0.05) is 27.1 Å². The Morgan fingerprint density at radius 2 is 2.12 bits per heavy atom. The number of aromatic amines is 1. The summed E-state index contributed by atoms with van der Waals surface area (Å²) in [4.78, 5) is 15.3. The van der Waals surface area contributed by atoms with Crippen molar-refractivity contribution < 1.29 is 19.0 Å². The number of aromatic nitrogens is 1. The lowest BCUT2D eigenvalue weighted by molar-refractivity contribution is 0.104. The molecule has 0 aliphatic rings. The van der Waals surface area contributed by atoms with Crippen LogP contribution in [0.2, 0.25) is 0 Å². The molecule has 1 heterocycles. The number of carbonyl (C=O) groups excluding carboxylic acids is 1. The number of ether oxygens (including phenoxy) is 1. The summed E-state index contributed by atoms with van der Waals surface area (Å²) < 4.78 is 18.9. The van der Waals surface area contributed by atoms with Crippen molar-refractivity contribution in [3.63, 3.8) is 0 Å². The molecule has 0 saturated heterocycles. The van der Waals surface area contributed by atoms with Crippen molar-refractivity contribution in [3.8, 4) is 11.5 Å². The van der Waals surface area contributed by atoms with Gasteiger partial charge in [0.25, 0.3) is 0 Å². The molecule has 0 atom stereocenters. The number of nitrogens with one attached hydrogen (secondary N) is 1. The molecule has 24 heavy (non-hydrogen) atoms. The monoisotopic (exact) mass is 389 g/mol. The number of halogens is 2. The van der Waals surface area contributed by atoms with Gasteiger partial charge in [-0.05, 0) is 48.0 Å². The number of phenols is 1. The van der Waals surface area contributed by atoms with Crippen LogP contribution < -0.4 is 4.74 Å². The lowest BCUT2D eigenvalue weighted by Gasteiger charge is -2.06. The number of hydrogen-bond donors (Lipinski definition) is 2. The van der Waals surface area contributed by atoms with Gasteiger partial charge in [0.1, 0.15) is 5.82 Å². The summed E-state index contributed by atoms with van der Waals surface area (Å²) in [5.41, 5.74) is 1.71. The highest BCUT2D eigenvalue weighted by Gasteiger charge is 2.11. The SMILES string of the molecule is COc1cc(C=CC(=O)c2c[nH]c3cc(F)ccc23)c(Br)cc1O. The van der Waals surface area contributed by atoms with E-state index in [1.165, 1.54) is 31.4 Å². The van der Waals surface area contributed by atoms with Crippen LogP contribution in [0.25, 0.3) is 17.0 Å². The van der Waals surface area contributed by atoms with Gasteiger partial charge in [-0.2, -0.15) is 0 Å². The Morgan fingerprint density at radius 3 is 2.88 bits per heavy atom. The van der Waals surface area contributed by atoms with Crippen LogP contribution in [-0.2, 0) is 0 Å². The van der Waals surface area contributed by atoms with Crippen LogP contribution in [0.4, 0.5) is 4.39 Å². The Morgan fingerprint density at radius 1 is 1.33 bits per heavy atom. The van der Waals surface area contributed by atoms with Gasteiger partial charge in [0.05, 0.1) is 7.11 Å². The van der Waals surface area contributed by atoms with Crippen LogP contribution in [0.1, 0.15) is 15.9 Å². The minimum atomic E-state index is -0.362. The maximum Gasteiger partial charge on any atom is 0.188 e. The average Bonchev–Trinajstić information content (AvgIpc) is 2.96. The van der Waals surface area contributed by atoms with Gasteiger partial charge in [0.2, 0.25) is 0 Å². The standard InChI is InChI=1S/C18H13BrFNO3/c1-24-18-6-10(14(19)8-17(18)23)2-5-16(22)13-9-21-15-7-11(20)3-4-12(13)15/h2-9,21,23H,1H3. The number of aromatic hydroxyl groups is 1. The Balaban J connectivity index is 1.92. The fourth-order valence-electron chi connectivity index (χ4n) is 2.41. The number of rotatable bonds is 4. The number of ketones is 1. The van der Waals surface area contributed by atoms with Crippen LogP contribution in [0, 0.1) is 5.82 Å². The van der Waals surface area contributed by atoms with E-state index >= 15 is 0 Å². The molecule has 0 saturated carbocycles. The molecule has 2 aromatic carbocycles. The zero-order chi connectivity index (χ0) is 17.3. The largest absolute Gasteiger partial charge is 0.504 e. The van der Waals surface area contributed by atoms with Crippen LogP contribution in [0.3, 0.4) is 0 Å². The smallest absolute Gasteiger partial charge is 0.188 e. The number of methoxy groups -OCH3 is 1. The summed E-state index contributed by atoms with van der Waals surface area (Å²) in [5.74, 6) is -0.259. The van der Waals surface area contributed by atoms with E-state index in [9.17, 15) is 14.3 Å². The summed E-state index contributed by atoms with van der Waals surface area (Å²) in [6.07, 6.45) is 4.60. The van der Waals surface area contributed by atoms with Gasteiger partial charge in [-0.15, -0.1) is 0 Å². The maximum absolute atomic E-state index is 13.2. The van der Waals surface area contributed by atoms with E-state index in [0.29, 0.717) is 32.3 Å². The Labute approximate surface area is 145 Å². The molecule has 3 aromatic rings. The number of hydrogen-bond acceptors (Lipinski definition) is 3. The second kappa shape index (κ2) is 6.49. The molecule has 1 aromatic heterocycles. The van der Waals surface area contributed by atoms with E-state index in [1.807, 2.05) is 0 Å². The number of fused-ring (bicyclic) bond motifs is 1. The molecule has 3 rings (SSSR count). The summed E-state index contributed by atoms with van der Waals surface area (Å²) in [7, 11) is 1.45. The number of allylic oxidation sites excluding steroid dienone is 1. The zero-order valence-electron chi connectivity index (χ0n) is 12.6. The highest BCUT2D eigenvalue weighted by atomic mass is 79.9. The molecule has 0 aliphatic carbocycles. The van der Waals surface area contributed by atoms with Crippen LogP contribution in [0.15, 0.2) is 47.1 Å². The highest BCUT2D eigenvalue weighted by molar-refractivity contribution is 9.10. The lowest BCUT2D eigenvalue weighted by atomic mass is 10.1. The van der Waals surface area contributed by atoms with Crippen molar-refractivity contribution in [1.29, 1.82) is 0 Å². The summed E-state index contributed by atoms with van der Waals surface area (Å²) in [6, 6.07) is 7.35. The van der Waals surface area contributed by atoms with Crippen LogP contribution >= 0.6 is 15.9 Å². The molecule has 122 valence electrons. The normalized spacial score (nSPS) is 11.3. The van der Waals surface area contributed by atoms with Crippen molar-refractivity contribution in [2.24, 2.45) is 0 Å². The second-order valence-electron chi connectivity index (χ2n) is 5.14. The van der Waals surface area contributed by atoms with E-state index in [-0.39, 0.29) is 17.3 Å². The first-order valence-corrected chi connectivity index (χ1v) is 7.84. The molecular weight excluding hydrogens is 377 g/mol. The average molecular weight is 390 g/mol. The molecule has 0 radical (unpaired) electrons. The molecule has 0 unspecified atom stereocenters. The van der Waals surface area contributed by atoms with Crippen molar-refractivity contribution in [3.05, 3.63) is 64.0 Å². The lowest BCUT2D eigenvalue weighted by Crippen LogP contribution is -1.93. The zero-order valence-corrected chi connectivity index (χ0v) is 14.2. The van der Waals surface area contributed by atoms with Gasteiger partial charge in [-0.25, -0.2) is 4.39 Å². The summed E-state index contributed by atoms with van der Waals surface area (Å²) in [6.45, 7) is 0. The topological polar surface area (TPSA) is 62.3 Å². The van der Waals surface area contributed by atoms with E-state index in [0.717, 1.165) is 0 Å². The van der Waals surface area contributed by atoms with E-state index in [2.05, 4.69) is 20.9 Å². The van der Waals surface area contributed by atoms with E-state index in [4.69, 9.17) is 4.74 Å². The molecule has 4 nitrogen and oxygen atoms in total. The fourth-order valence-corrected chi connectivity index (χ4v) is 2.87. The van der Waals surface area contributed by atoms with Gasteiger partial charge in [-0.3, -0.25) is 4.79 Å². The van der Waals surface area contributed by atoms with Gasteiger partial charge in [-0.1, -0.05) is 15.9 Å². The Bertz CT molecular complexity index is 962. The quantitative estimate of drug-likeness (QED) is 0.502. The molecule has 0 fully saturated rings. The number of benzene rings is 2. The van der Waals surface area contributed by atoms with Crippen LogP contribution in [0.5, 0.6) is 11.5 Å². The summed E-state index contributed by atoms with van der Waals surface area (Å²) in [5, 5.41) is 10.4. The first-order chi connectivity index (χ1) is 11.5.